The summed E-state index contributed by atoms with van der Waals surface area (Å²) in [4.78, 5) is 2.35. The van der Waals surface area contributed by atoms with Crippen LogP contribution in [0, 0.1) is 5.92 Å². The minimum Gasteiger partial charge on any atom is -0.309 e. The third-order valence-corrected chi connectivity index (χ3v) is 9.09. The Labute approximate surface area is 279 Å². The van der Waals surface area contributed by atoms with Crippen molar-refractivity contribution in [2.24, 2.45) is 5.92 Å². The molecule has 0 bridgehead atoms. The van der Waals surface area contributed by atoms with E-state index in [0.717, 1.165) is 18.8 Å². The highest BCUT2D eigenvalue weighted by atomic mass is 15.0. The van der Waals surface area contributed by atoms with Crippen molar-refractivity contribution < 1.29 is 0 Å². The van der Waals surface area contributed by atoms with Crippen LogP contribution in [0.5, 0.6) is 0 Å². The fraction of sp³-hybridized carbons (Fsp3) is 0.814. The number of rotatable bonds is 35. The third-order valence-electron chi connectivity index (χ3n) is 9.09. The van der Waals surface area contributed by atoms with Crippen LogP contribution in [0.2, 0.25) is 0 Å². The Balaban J connectivity index is 3.83. The van der Waals surface area contributed by atoms with Crippen molar-refractivity contribution in [3.8, 4) is 0 Å². The molecular formula is C43H81N. The van der Waals surface area contributed by atoms with Crippen LogP contribution in [0.3, 0.4) is 0 Å². The predicted molar refractivity (Wildman–Crippen MR) is 204 cm³/mol. The SMILES string of the molecule is CCCCC/C=C\CC=CCCCCCCCCC(CCCCCCCCC=CC/C=C\CCCCC)CCCCN(C)C. The third kappa shape index (κ3) is 37.1. The van der Waals surface area contributed by atoms with E-state index in [2.05, 4.69) is 81.5 Å². The highest BCUT2D eigenvalue weighted by molar-refractivity contribution is 4.93. The van der Waals surface area contributed by atoms with Crippen molar-refractivity contribution in [3.05, 3.63) is 48.6 Å². The second-order valence-corrected chi connectivity index (χ2v) is 13.9. The van der Waals surface area contributed by atoms with E-state index >= 15 is 0 Å². The highest BCUT2D eigenvalue weighted by Gasteiger charge is 2.09. The van der Waals surface area contributed by atoms with Gasteiger partial charge in [0.05, 0.1) is 0 Å². The van der Waals surface area contributed by atoms with Gasteiger partial charge in [-0.05, 0) is 97.2 Å². The molecule has 0 spiro atoms. The molecule has 0 aliphatic carbocycles. The number of nitrogens with zero attached hydrogens (tertiary/aromatic N) is 1. The van der Waals surface area contributed by atoms with E-state index in [-0.39, 0.29) is 0 Å². The van der Waals surface area contributed by atoms with Gasteiger partial charge in [-0.2, -0.15) is 0 Å². The Kier molecular flexibility index (Phi) is 37.2. The van der Waals surface area contributed by atoms with Gasteiger partial charge in [0.1, 0.15) is 0 Å². The maximum Gasteiger partial charge on any atom is -0.00248 e. The first-order chi connectivity index (χ1) is 21.7. The van der Waals surface area contributed by atoms with Gasteiger partial charge in [0.2, 0.25) is 0 Å². The molecule has 0 aromatic heterocycles. The number of unbranched alkanes of at least 4 members (excludes halogenated alkanes) is 19. The predicted octanol–water partition coefficient (Wildman–Crippen LogP) is 14.7. The van der Waals surface area contributed by atoms with Gasteiger partial charge in [-0.25, -0.2) is 0 Å². The van der Waals surface area contributed by atoms with Crippen molar-refractivity contribution in [3.63, 3.8) is 0 Å². The molecule has 0 radical (unpaired) electrons. The molecular weight excluding hydrogens is 530 g/mol. The molecule has 0 fully saturated rings. The van der Waals surface area contributed by atoms with E-state index in [1.54, 1.807) is 0 Å². The van der Waals surface area contributed by atoms with Crippen molar-refractivity contribution >= 4 is 0 Å². The molecule has 0 aromatic carbocycles. The van der Waals surface area contributed by atoms with Crippen molar-refractivity contribution in [1.82, 2.24) is 4.90 Å². The molecule has 0 amide bonds. The molecule has 0 atom stereocenters. The fourth-order valence-corrected chi connectivity index (χ4v) is 6.14. The second-order valence-electron chi connectivity index (χ2n) is 13.9. The molecule has 0 unspecified atom stereocenters. The minimum absolute atomic E-state index is 0.980. The first-order valence-corrected chi connectivity index (χ1v) is 19.9. The van der Waals surface area contributed by atoms with E-state index < -0.39 is 0 Å². The molecule has 1 heteroatoms. The van der Waals surface area contributed by atoms with E-state index in [9.17, 15) is 0 Å². The van der Waals surface area contributed by atoms with E-state index in [1.807, 2.05) is 0 Å². The summed E-state index contributed by atoms with van der Waals surface area (Å²) in [6.45, 7) is 5.80. The summed E-state index contributed by atoms with van der Waals surface area (Å²) < 4.78 is 0. The lowest BCUT2D eigenvalue weighted by molar-refractivity contribution is 0.344. The summed E-state index contributed by atoms with van der Waals surface area (Å²) in [6.07, 6.45) is 58.8. The molecule has 258 valence electrons. The van der Waals surface area contributed by atoms with Crippen LogP contribution in [-0.2, 0) is 0 Å². The molecule has 0 rings (SSSR count). The van der Waals surface area contributed by atoms with Crippen LogP contribution in [0.15, 0.2) is 48.6 Å². The topological polar surface area (TPSA) is 3.24 Å². The van der Waals surface area contributed by atoms with Crippen LogP contribution < -0.4 is 0 Å². The Hall–Kier alpha value is -1.08. The zero-order valence-electron chi connectivity index (χ0n) is 30.9. The largest absolute Gasteiger partial charge is 0.309 e. The quantitative estimate of drug-likeness (QED) is 0.0509. The highest BCUT2D eigenvalue weighted by Crippen LogP contribution is 2.24. The van der Waals surface area contributed by atoms with Crippen molar-refractivity contribution in [2.75, 3.05) is 20.6 Å². The minimum atomic E-state index is 0.980. The van der Waals surface area contributed by atoms with Gasteiger partial charge in [-0.3, -0.25) is 0 Å². The van der Waals surface area contributed by atoms with Gasteiger partial charge in [0.15, 0.2) is 0 Å². The van der Waals surface area contributed by atoms with Crippen molar-refractivity contribution in [1.29, 1.82) is 0 Å². The van der Waals surface area contributed by atoms with Crippen LogP contribution in [0.25, 0.3) is 0 Å². The maximum absolute atomic E-state index is 2.41. The number of allylic oxidation sites excluding steroid dienone is 8. The van der Waals surface area contributed by atoms with E-state index in [1.165, 1.54) is 180 Å². The zero-order valence-corrected chi connectivity index (χ0v) is 30.9. The summed E-state index contributed by atoms with van der Waals surface area (Å²) in [5.41, 5.74) is 0. The number of hydrogen-bond donors (Lipinski definition) is 0. The molecule has 0 saturated carbocycles. The Morgan fingerprint density at radius 1 is 0.364 bits per heavy atom. The average Bonchev–Trinajstić information content (AvgIpc) is 3.02. The summed E-state index contributed by atoms with van der Waals surface area (Å²) >= 11 is 0. The first-order valence-electron chi connectivity index (χ1n) is 19.9. The van der Waals surface area contributed by atoms with Gasteiger partial charge in [0, 0.05) is 0 Å². The van der Waals surface area contributed by atoms with Gasteiger partial charge >= 0.3 is 0 Å². The molecule has 0 N–H and O–H groups in total. The van der Waals surface area contributed by atoms with Crippen LogP contribution in [0.4, 0.5) is 0 Å². The smallest absolute Gasteiger partial charge is 0.00248 e. The lowest BCUT2D eigenvalue weighted by Crippen LogP contribution is -2.13. The molecule has 0 heterocycles. The summed E-state index contributed by atoms with van der Waals surface area (Å²) in [6, 6.07) is 0. The van der Waals surface area contributed by atoms with Gasteiger partial charge in [-0.1, -0.05) is 178 Å². The maximum atomic E-state index is 2.41. The molecule has 1 nitrogen and oxygen atoms in total. The molecule has 0 aromatic rings. The first kappa shape index (κ1) is 42.9. The Bertz CT molecular complexity index is 591. The van der Waals surface area contributed by atoms with Crippen LogP contribution in [-0.4, -0.2) is 25.5 Å². The normalized spacial score (nSPS) is 13.2. The van der Waals surface area contributed by atoms with E-state index in [4.69, 9.17) is 0 Å². The fourth-order valence-electron chi connectivity index (χ4n) is 6.14. The molecule has 0 saturated heterocycles. The summed E-state index contributed by atoms with van der Waals surface area (Å²) in [7, 11) is 4.43. The molecule has 0 aliphatic rings. The zero-order chi connectivity index (χ0) is 32.0. The number of hydrogen-bond acceptors (Lipinski definition) is 1. The Morgan fingerprint density at radius 2 is 0.682 bits per heavy atom. The Morgan fingerprint density at radius 3 is 1.05 bits per heavy atom. The lowest BCUT2D eigenvalue weighted by Gasteiger charge is -2.18. The van der Waals surface area contributed by atoms with Crippen molar-refractivity contribution in [2.45, 2.75) is 200 Å². The van der Waals surface area contributed by atoms with Crippen LogP contribution >= 0.6 is 0 Å². The monoisotopic (exact) mass is 612 g/mol. The molecule has 0 aliphatic heterocycles. The summed E-state index contributed by atoms with van der Waals surface area (Å²) in [5, 5.41) is 0. The second kappa shape index (κ2) is 38.1. The standard InChI is InChI=1S/C43H81N/c1-5-7-9-11-13-15-17-19-21-23-25-27-29-31-33-35-39-43(41-37-38-42-44(3)4)40-36-34-32-30-28-26-24-22-20-18-16-14-12-10-8-6-2/h13-16,19-22,43H,5-12,17-18,23-42H2,1-4H3/b15-13-,16-14-,21-19?,22-20?. The van der Waals surface area contributed by atoms with Gasteiger partial charge in [-0.15, -0.1) is 0 Å². The molecule has 44 heavy (non-hydrogen) atoms. The average molecular weight is 612 g/mol. The van der Waals surface area contributed by atoms with Gasteiger partial charge in [0.25, 0.3) is 0 Å². The van der Waals surface area contributed by atoms with E-state index in [0.29, 0.717) is 0 Å². The van der Waals surface area contributed by atoms with Gasteiger partial charge < -0.3 is 4.90 Å². The summed E-state index contributed by atoms with van der Waals surface area (Å²) in [5.74, 6) is 0.980. The lowest BCUT2D eigenvalue weighted by atomic mass is 9.90. The van der Waals surface area contributed by atoms with Crippen LogP contribution in [0.1, 0.15) is 200 Å².